The first-order valence-electron chi connectivity index (χ1n) is 4.69. The number of nitrogen functional groups attached to an aromatic ring is 1. The highest BCUT2D eigenvalue weighted by atomic mass is 16.1. The average Bonchev–Trinajstić information content (AvgIpc) is 2.47. The predicted octanol–water partition coefficient (Wildman–Crippen LogP) is 0.0761. The molecule has 0 spiro atoms. The van der Waals surface area contributed by atoms with Crippen LogP contribution in [0, 0.1) is 0 Å². The summed E-state index contributed by atoms with van der Waals surface area (Å²) in [7, 11) is 0. The summed E-state index contributed by atoms with van der Waals surface area (Å²) in [6.45, 7) is 5.60. The molecule has 14 heavy (non-hydrogen) atoms. The van der Waals surface area contributed by atoms with Crippen LogP contribution in [0.2, 0.25) is 0 Å². The van der Waals surface area contributed by atoms with Crippen molar-refractivity contribution in [3.05, 3.63) is 21.6 Å². The molecule has 0 fully saturated rings. The highest BCUT2D eigenvalue weighted by Crippen LogP contribution is 2.19. The third kappa shape index (κ3) is 1.39. The van der Waals surface area contributed by atoms with Gasteiger partial charge in [-0.05, 0) is 13.8 Å². The number of anilines is 1. The lowest BCUT2D eigenvalue weighted by Gasteiger charge is -2.18. The van der Waals surface area contributed by atoms with Crippen molar-refractivity contribution in [2.75, 3.05) is 5.73 Å². The van der Waals surface area contributed by atoms with E-state index in [2.05, 4.69) is 28.7 Å². The van der Waals surface area contributed by atoms with Crippen LogP contribution in [-0.4, -0.2) is 20.9 Å². The van der Waals surface area contributed by atoms with Crippen molar-refractivity contribution in [3.63, 3.8) is 0 Å². The first kappa shape index (κ1) is 9.21. The normalized spacial score (nSPS) is 16.2. The second-order valence-electron chi connectivity index (χ2n) is 3.88. The molecule has 0 saturated carbocycles. The topological polar surface area (TPSA) is 75.0 Å². The van der Waals surface area contributed by atoms with E-state index in [1.54, 1.807) is 0 Å². The highest BCUT2D eigenvalue weighted by Gasteiger charge is 2.24. The zero-order valence-corrected chi connectivity index (χ0v) is 8.37. The fourth-order valence-corrected chi connectivity index (χ4v) is 1.67. The molecule has 0 amide bonds. The van der Waals surface area contributed by atoms with Gasteiger partial charge in [0, 0.05) is 19.1 Å². The second-order valence-corrected chi connectivity index (χ2v) is 3.88. The summed E-state index contributed by atoms with van der Waals surface area (Å²) >= 11 is 0. The summed E-state index contributed by atoms with van der Waals surface area (Å²) in [5, 5.41) is 0. The monoisotopic (exact) mass is 194 g/mol. The average molecular weight is 194 g/mol. The Morgan fingerprint density at radius 2 is 2.21 bits per heavy atom. The Balaban J connectivity index is 2.40. The Labute approximate surface area is 82.0 Å². The van der Waals surface area contributed by atoms with Crippen molar-refractivity contribution in [2.24, 2.45) is 0 Å². The van der Waals surface area contributed by atoms with Gasteiger partial charge in [0.05, 0.1) is 11.3 Å². The lowest BCUT2D eigenvalue weighted by molar-refractivity contribution is 0.226. The molecule has 0 unspecified atom stereocenters. The molecule has 1 aromatic rings. The van der Waals surface area contributed by atoms with Gasteiger partial charge in [0.1, 0.15) is 0 Å². The molecule has 1 aliphatic heterocycles. The van der Waals surface area contributed by atoms with Crippen molar-refractivity contribution in [1.82, 2.24) is 14.9 Å². The summed E-state index contributed by atoms with van der Waals surface area (Å²) in [5.74, 6) is 0.208. The van der Waals surface area contributed by atoms with Crippen molar-refractivity contribution in [3.8, 4) is 0 Å². The molecule has 2 rings (SSSR count). The third-order valence-electron chi connectivity index (χ3n) is 2.56. The summed E-state index contributed by atoms with van der Waals surface area (Å²) in [6, 6.07) is 0.421. The Kier molecular flexibility index (Phi) is 2.03. The molecule has 0 aliphatic carbocycles. The van der Waals surface area contributed by atoms with Gasteiger partial charge in [-0.25, -0.2) is 4.98 Å². The number of nitrogens with zero attached hydrogens (tertiary/aromatic N) is 2. The van der Waals surface area contributed by atoms with Gasteiger partial charge in [-0.15, -0.1) is 0 Å². The number of rotatable bonds is 1. The molecule has 5 nitrogen and oxygen atoms in total. The van der Waals surface area contributed by atoms with Gasteiger partial charge in [-0.1, -0.05) is 0 Å². The number of nitrogens with one attached hydrogen (secondary N) is 1. The van der Waals surface area contributed by atoms with Crippen molar-refractivity contribution in [2.45, 2.75) is 33.0 Å². The van der Waals surface area contributed by atoms with Gasteiger partial charge >= 0.3 is 0 Å². The fourth-order valence-electron chi connectivity index (χ4n) is 1.67. The zero-order valence-electron chi connectivity index (χ0n) is 8.37. The minimum absolute atomic E-state index is 0.101. The number of hydrogen-bond acceptors (Lipinski definition) is 4. The van der Waals surface area contributed by atoms with E-state index in [-0.39, 0.29) is 11.5 Å². The maximum absolute atomic E-state index is 11.5. The number of fused-ring (bicyclic) bond motifs is 1. The van der Waals surface area contributed by atoms with Crippen LogP contribution in [0.5, 0.6) is 0 Å². The van der Waals surface area contributed by atoms with E-state index in [0.717, 1.165) is 17.8 Å². The van der Waals surface area contributed by atoms with E-state index in [4.69, 9.17) is 5.73 Å². The molecular formula is C9H14N4O. The smallest absolute Gasteiger partial charge is 0.257 e. The van der Waals surface area contributed by atoms with Crippen LogP contribution in [0.3, 0.4) is 0 Å². The van der Waals surface area contributed by atoms with Crippen LogP contribution in [0.25, 0.3) is 0 Å². The summed E-state index contributed by atoms with van der Waals surface area (Å²) < 4.78 is 0. The van der Waals surface area contributed by atoms with Gasteiger partial charge in [-0.2, -0.15) is 0 Å². The fraction of sp³-hybridized carbons (Fsp3) is 0.556. The lowest BCUT2D eigenvalue weighted by atomic mass is 10.3. The van der Waals surface area contributed by atoms with Gasteiger partial charge in [0.25, 0.3) is 5.56 Å². The first-order chi connectivity index (χ1) is 6.58. The highest BCUT2D eigenvalue weighted by molar-refractivity contribution is 5.28. The minimum atomic E-state index is -0.101. The van der Waals surface area contributed by atoms with E-state index in [0.29, 0.717) is 12.6 Å². The van der Waals surface area contributed by atoms with Gasteiger partial charge in [-0.3, -0.25) is 14.7 Å². The van der Waals surface area contributed by atoms with Crippen LogP contribution in [0.15, 0.2) is 4.79 Å². The molecule has 0 aromatic carbocycles. The van der Waals surface area contributed by atoms with Gasteiger partial charge in [0.15, 0.2) is 0 Å². The van der Waals surface area contributed by atoms with E-state index in [1.165, 1.54) is 0 Å². The quantitative estimate of drug-likeness (QED) is 0.663. The SMILES string of the molecule is CC(C)N1Cc2nc(N)[nH]c(=O)c2C1. The maximum Gasteiger partial charge on any atom is 0.257 e. The first-order valence-corrected chi connectivity index (χ1v) is 4.69. The second kappa shape index (κ2) is 3.09. The summed E-state index contributed by atoms with van der Waals surface area (Å²) in [6.07, 6.45) is 0. The number of hydrogen-bond donors (Lipinski definition) is 2. The zero-order chi connectivity index (χ0) is 10.3. The van der Waals surface area contributed by atoms with E-state index < -0.39 is 0 Å². The number of aromatic nitrogens is 2. The number of nitrogens with two attached hydrogens (primary N) is 1. The number of aromatic amines is 1. The van der Waals surface area contributed by atoms with Crippen molar-refractivity contribution < 1.29 is 0 Å². The standard InChI is InChI=1S/C9H14N4O/c1-5(2)13-3-6-7(4-13)11-9(10)12-8(6)14/h5H,3-4H2,1-2H3,(H3,10,11,12,14). The van der Waals surface area contributed by atoms with Crippen molar-refractivity contribution in [1.29, 1.82) is 0 Å². The third-order valence-corrected chi connectivity index (χ3v) is 2.56. The maximum atomic E-state index is 11.5. The largest absolute Gasteiger partial charge is 0.369 e. The Bertz CT molecular complexity index is 410. The molecule has 1 aromatic heterocycles. The molecule has 0 saturated heterocycles. The number of H-pyrrole nitrogens is 1. The van der Waals surface area contributed by atoms with Gasteiger partial charge in [0.2, 0.25) is 5.95 Å². The van der Waals surface area contributed by atoms with E-state index >= 15 is 0 Å². The molecule has 0 atom stereocenters. The molecule has 0 radical (unpaired) electrons. The van der Waals surface area contributed by atoms with Gasteiger partial charge < -0.3 is 5.73 Å². The molecular weight excluding hydrogens is 180 g/mol. The van der Waals surface area contributed by atoms with E-state index in [1.807, 2.05) is 0 Å². The van der Waals surface area contributed by atoms with Crippen LogP contribution in [-0.2, 0) is 13.1 Å². The lowest BCUT2D eigenvalue weighted by Crippen LogP contribution is -2.25. The van der Waals surface area contributed by atoms with Crippen LogP contribution in [0.1, 0.15) is 25.1 Å². The summed E-state index contributed by atoms with van der Waals surface area (Å²) in [4.78, 5) is 20.3. The Morgan fingerprint density at radius 3 is 2.86 bits per heavy atom. The molecule has 3 N–H and O–H groups in total. The predicted molar refractivity (Wildman–Crippen MR) is 53.7 cm³/mol. The Hall–Kier alpha value is -1.36. The molecule has 1 aliphatic rings. The minimum Gasteiger partial charge on any atom is -0.369 e. The van der Waals surface area contributed by atoms with Crippen LogP contribution < -0.4 is 11.3 Å². The molecule has 5 heteroatoms. The van der Waals surface area contributed by atoms with Crippen LogP contribution in [0.4, 0.5) is 5.95 Å². The molecule has 0 bridgehead atoms. The Morgan fingerprint density at radius 1 is 1.50 bits per heavy atom. The molecule has 2 heterocycles. The van der Waals surface area contributed by atoms with E-state index in [9.17, 15) is 4.79 Å². The summed E-state index contributed by atoms with van der Waals surface area (Å²) in [5.41, 5.74) is 6.94. The molecule has 76 valence electrons. The van der Waals surface area contributed by atoms with Crippen molar-refractivity contribution >= 4 is 5.95 Å². The van der Waals surface area contributed by atoms with Crippen LogP contribution >= 0.6 is 0 Å².